The van der Waals surface area contributed by atoms with Gasteiger partial charge < -0.3 is 0 Å². The van der Waals surface area contributed by atoms with Crippen molar-refractivity contribution in [2.45, 2.75) is 25.6 Å². The van der Waals surface area contributed by atoms with Crippen molar-refractivity contribution in [3.05, 3.63) is 47.8 Å². The molecule has 0 spiro atoms. The van der Waals surface area contributed by atoms with Gasteiger partial charge in [-0.1, -0.05) is 48.0 Å². The van der Waals surface area contributed by atoms with Crippen molar-refractivity contribution >= 4 is 15.9 Å². The van der Waals surface area contributed by atoms with Crippen LogP contribution in [0.15, 0.2) is 36.4 Å². The van der Waals surface area contributed by atoms with Crippen molar-refractivity contribution in [1.29, 1.82) is 0 Å². The topological polar surface area (TPSA) is 17.8 Å². The van der Waals surface area contributed by atoms with E-state index in [1.165, 1.54) is 5.69 Å². The first-order valence-electron chi connectivity index (χ1n) is 5.90. The Hall–Kier alpha value is -1.09. The number of alkyl halides is 1. The SMILES string of the molecule is CC(C)Cc1cc(CBr)nn1-c1ccccc1. The van der Waals surface area contributed by atoms with Crippen LogP contribution in [0.5, 0.6) is 0 Å². The summed E-state index contributed by atoms with van der Waals surface area (Å²) >= 11 is 3.47. The Morgan fingerprint density at radius 1 is 1.24 bits per heavy atom. The molecule has 0 bridgehead atoms. The summed E-state index contributed by atoms with van der Waals surface area (Å²) in [6.45, 7) is 4.46. The lowest BCUT2D eigenvalue weighted by molar-refractivity contribution is 0.616. The van der Waals surface area contributed by atoms with Gasteiger partial charge in [0.15, 0.2) is 0 Å². The third-order valence-electron chi connectivity index (χ3n) is 2.59. The average Bonchev–Trinajstić information content (AvgIpc) is 2.72. The molecule has 0 amide bonds. The molecule has 0 fully saturated rings. The van der Waals surface area contributed by atoms with Crippen molar-refractivity contribution in [3.8, 4) is 5.69 Å². The summed E-state index contributed by atoms with van der Waals surface area (Å²) in [5.74, 6) is 0.636. The highest BCUT2D eigenvalue weighted by atomic mass is 79.9. The molecular formula is C14H17BrN2. The second-order valence-corrected chi connectivity index (χ2v) is 5.17. The molecule has 0 N–H and O–H groups in total. The first kappa shape index (κ1) is 12.4. The summed E-state index contributed by atoms with van der Waals surface area (Å²) in [7, 11) is 0. The normalized spacial score (nSPS) is 11.1. The van der Waals surface area contributed by atoms with Gasteiger partial charge in [0, 0.05) is 11.0 Å². The molecule has 2 nitrogen and oxygen atoms in total. The largest absolute Gasteiger partial charge is 0.238 e. The monoisotopic (exact) mass is 292 g/mol. The predicted octanol–water partition coefficient (Wildman–Crippen LogP) is 3.97. The average molecular weight is 293 g/mol. The number of hydrogen-bond acceptors (Lipinski definition) is 1. The second kappa shape index (κ2) is 5.50. The summed E-state index contributed by atoms with van der Waals surface area (Å²) in [6, 6.07) is 12.5. The summed E-state index contributed by atoms with van der Waals surface area (Å²) in [5, 5.41) is 5.43. The van der Waals surface area contributed by atoms with Gasteiger partial charge in [-0.15, -0.1) is 0 Å². The molecule has 90 valence electrons. The fourth-order valence-electron chi connectivity index (χ4n) is 1.90. The molecule has 17 heavy (non-hydrogen) atoms. The van der Waals surface area contributed by atoms with E-state index in [4.69, 9.17) is 0 Å². The zero-order valence-corrected chi connectivity index (χ0v) is 11.8. The number of benzene rings is 1. The van der Waals surface area contributed by atoms with Crippen molar-refractivity contribution < 1.29 is 0 Å². The lowest BCUT2D eigenvalue weighted by atomic mass is 10.1. The minimum Gasteiger partial charge on any atom is -0.238 e. The smallest absolute Gasteiger partial charge is 0.0737 e. The number of rotatable bonds is 4. The molecule has 0 aliphatic rings. The zero-order valence-electron chi connectivity index (χ0n) is 10.2. The van der Waals surface area contributed by atoms with Crippen LogP contribution in [0.3, 0.4) is 0 Å². The summed E-state index contributed by atoms with van der Waals surface area (Å²) < 4.78 is 2.05. The molecule has 0 atom stereocenters. The van der Waals surface area contributed by atoms with Gasteiger partial charge >= 0.3 is 0 Å². The Morgan fingerprint density at radius 2 is 1.94 bits per heavy atom. The number of aromatic nitrogens is 2. The fourth-order valence-corrected chi connectivity index (χ4v) is 2.17. The van der Waals surface area contributed by atoms with E-state index >= 15 is 0 Å². The van der Waals surface area contributed by atoms with E-state index in [9.17, 15) is 0 Å². The quantitative estimate of drug-likeness (QED) is 0.780. The highest BCUT2D eigenvalue weighted by molar-refractivity contribution is 9.08. The molecular weight excluding hydrogens is 276 g/mol. The van der Waals surface area contributed by atoms with Gasteiger partial charge in [-0.2, -0.15) is 5.10 Å². The maximum atomic E-state index is 4.62. The summed E-state index contributed by atoms with van der Waals surface area (Å²) in [4.78, 5) is 0. The van der Waals surface area contributed by atoms with Crippen LogP contribution in [-0.4, -0.2) is 9.78 Å². The van der Waals surface area contributed by atoms with E-state index in [-0.39, 0.29) is 0 Å². The van der Waals surface area contributed by atoms with Crippen LogP contribution in [0, 0.1) is 5.92 Å². The minimum absolute atomic E-state index is 0.636. The first-order valence-corrected chi connectivity index (χ1v) is 7.02. The Balaban J connectivity index is 2.41. The Morgan fingerprint density at radius 3 is 2.53 bits per heavy atom. The van der Waals surface area contributed by atoms with Crippen LogP contribution in [0.4, 0.5) is 0 Å². The van der Waals surface area contributed by atoms with Crippen LogP contribution >= 0.6 is 15.9 Å². The van der Waals surface area contributed by atoms with E-state index in [0.29, 0.717) is 5.92 Å². The highest BCUT2D eigenvalue weighted by Crippen LogP contribution is 2.17. The lowest BCUT2D eigenvalue weighted by Gasteiger charge is -2.08. The van der Waals surface area contributed by atoms with E-state index < -0.39 is 0 Å². The van der Waals surface area contributed by atoms with Gasteiger partial charge in [0.05, 0.1) is 11.4 Å². The second-order valence-electron chi connectivity index (χ2n) is 4.61. The third-order valence-corrected chi connectivity index (χ3v) is 3.16. The lowest BCUT2D eigenvalue weighted by Crippen LogP contribution is -2.05. The summed E-state index contributed by atoms with van der Waals surface area (Å²) in [5.41, 5.74) is 3.50. The molecule has 0 unspecified atom stereocenters. The van der Waals surface area contributed by atoms with E-state index in [0.717, 1.165) is 23.1 Å². The van der Waals surface area contributed by atoms with Crippen LogP contribution in [-0.2, 0) is 11.8 Å². The minimum atomic E-state index is 0.636. The number of para-hydroxylation sites is 1. The number of halogens is 1. The predicted molar refractivity (Wildman–Crippen MR) is 74.7 cm³/mol. The van der Waals surface area contributed by atoms with Crippen molar-refractivity contribution in [2.24, 2.45) is 5.92 Å². The van der Waals surface area contributed by atoms with Crippen LogP contribution in [0.25, 0.3) is 5.69 Å². The van der Waals surface area contributed by atoms with E-state index in [2.05, 4.69) is 57.8 Å². The maximum absolute atomic E-state index is 4.62. The molecule has 1 aromatic heterocycles. The highest BCUT2D eigenvalue weighted by Gasteiger charge is 2.10. The maximum Gasteiger partial charge on any atom is 0.0737 e. The van der Waals surface area contributed by atoms with Crippen molar-refractivity contribution in [3.63, 3.8) is 0 Å². The number of nitrogens with zero attached hydrogens (tertiary/aromatic N) is 2. The zero-order chi connectivity index (χ0) is 12.3. The molecule has 1 heterocycles. The Labute approximate surface area is 111 Å². The van der Waals surface area contributed by atoms with Crippen LogP contribution in [0.2, 0.25) is 0 Å². The standard InChI is InChI=1S/C14H17BrN2/c1-11(2)8-14-9-12(10-15)16-17(14)13-6-4-3-5-7-13/h3-7,9,11H,8,10H2,1-2H3. The van der Waals surface area contributed by atoms with Crippen molar-refractivity contribution in [1.82, 2.24) is 9.78 Å². The molecule has 0 saturated heterocycles. The van der Waals surface area contributed by atoms with E-state index in [1.807, 2.05) is 18.2 Å². The molecule has 0 radical (unpaired) electrons. The summed E-state index contributed by atoms with van der Waals surface area (Å²) in [6.07, 6.45) is 1.05. The van der Waals surface area contributed by atoms with Gasteiger partial charge in [-0.05, 0) is 30.5 Å². The van der Waals surface area contributed by atoms with Gasteiger partial charge in [0.2, 0.25) is 0 Å². The number of hydrogen-bond donors (Lipinski definition) is 0. The van der Waals surface area contributed by atoms with E-state index in [1.54, 1.807) is 0 Å². The first-order chi connectivity index (χ1) is 8.20. The molecule has 3 heteroatoms. The van der Waals surface area contributed by atoms with Crippen molar-refractivity contribution in [2.75, 3.05) is 0 Å². The van der Waals surface area contributed by atoms with Gasteiger partial charge in [0.25, 0.3) is 0 Å². The molecule has 0 aliphatic heterocycles. The van der Waals surface area contributed by atoms with Gasteiger partial charge in [-0.25, -0.2) is 4.68 Å². The fraction of sp³-hybridized carbons (Fsp3) is 0.357. The molecule has 0 saturated carbocycles. The molecule has 1 aromatic carbocycles. The molecule has 2 aromatic rings. The Kier molecular flexibility index (Phi) is 4.00. The third kappa shape index (κ3) is 2.97. The van der Waals surface area contributed by atoms with Crippen LogP contribution in [0.1, 0.15) is 25.2 Å². The van der Waals surface area contributed by atoms with Gasteiger partial charge in [0.1, 0.15) is 0 Å². The van der Waals surface area contributed by atoms with Crippen LogP contribution < -0.4 is 0 Å². The molecule has 2 rings (SSSR count). The molecule has 0 aliphatic carbocycles. The van der Waals surface area contributed by atoms with Gasteiger partial charge in [-0.3, -0.25) is 0 Å². The Bertz CT molecular complexity index is 474.